The van der Waals surface area contributed by atoms with E-state index in [-0.39, 0.29) is 5.91 Å². The maximum atomic E-state index is 12.0. The highest BCUT2D eigenvalue weighted by Gasteiger charge is 2.07. The lowest BCUT2D eigenvalue weighted by atomic mass is 10.1. The molecule has 2 rings (SSSR count). The Morgan fingerprint density at radius 1 is 1.13 bits per heavy atom. The van der Waals surface area contributed by atoms with Gasteiger partial charge >= 0.3 is 0 Å². The van der Waals surface area contributed by atoms with Crippen LogP contribution in [0.5, 0.6) is 0 Å². The van der Waals surface area contributed by atoms with Gasteiger partial charge in [-0.1, -0.05) is 31.9 Å². The molecule has 0 saturated heterocycles. The molecule has 1 amide bonds. The normalized spacial score (nSPS) is 10.4. The quantitative estimate of drug-likeness (QED) is 0.764. The van der Waals surface area contributed by atoms with Gasteiger partial charge in [0, 0.05) is 24.6 Å². The summed E-state index contributed by atoms with van der Waals surface area (Å²) < 4.78 is 0. The van der Waals surface area contributed by atoms with Gasteiger partial charge < -0.3 is 10.6 Å². The van der Waals surface area contributed by atoms with Crippen LogP contribution in [0, 0.1) is 13.8 Å². The number of aromatic nitrogens is 2. The molecule has 23 heavy (non-hydrogen) atoms. The zero-order valence-corrected chi connectivity index (χ0v) is 14.0. The van der Waals surface area contributed by atoms with E-state index in [2.05, 4.69) is 39.7 Å². The van der Waals surface area contributed by atoms with Gasteiger partial charge in [0.1, 0.15) is 0 Å². The van der Waals surface area contributed by atoms with Gasteiger partial charge in [-0.05, 0) is 37.5 Å². The van der Waals surface area contributed by atoms with Crippen LogP contribution >= 0.6 is 0 Å². The van der Waals surface area contributed by atoms with Crippen molar-refractivity contribution in [3.05, 3.63) is 47.3 Å². The van der Waals surface area contributed by atoms with Crippen molar-refractivity contribution >= 4 is 17.5 Å². The number of hydrogen-bond acceptors (Lipinski definition) is 4. The Morgan fingerprint density at radius 3 is 2.57 bits per heavy atom. The van der Waals surface area contributed by atoms with E-state index in [9.17, 15) is 4.79 Å². The highest BCUT2D eigenvalue weighted by atomic mass is 16.1. The van der Waals surface area contributed by atoms with E-state index in [0.29, 0.717) is 18.1 Å². The zero-order chi connectivity index (χ0) is 16.7. The minimum atomic E-state index is -0.126. The number of unbranched alkanes of at least 4 members (excludes halogenated alkanes) is 2. The number of hydrogen-bond donors (Lipinski definition) is 2. The minimum absolute atomic E-state index is 0.126. The Balaban J connectivity index is 1.96. The van der Waals surface area contributed by atoms with Crippen molar-refractivity contribution in [3.8, 4) is 0 Å². The van der Waals surface area contributed by atoms with E-state index in [0.717, 1.165) is 30.5 Å². The molecule has 5 nitrogen and oxygen atoms in total. The van der Waals surface area contributed by atoms with Crippen molar-refractivity contribution in [1.29, 1.82) is 0 Å². The van der Waals surface area contributed by atoms with Crippen LogP contribution in [0.1, 0.15) is 47.7 Å². The Morgan fingerprint density at radius 2 is 1.87 bits per heavy atom. The molecule has 1 aromatic carbocycles. The van der Waals surface area contributed by atoms with Crippen molar-refractivity contribution in [2.24, 2.45) is 0 Å². The first-order valence-electron chi connectivity index (χ1n) is 8.04. The first-order chi connectivity index (χ1) is 11.1. The Kier molecular flexibility index (Phi) is 6.09. The van der Waals surface area contributed by atoms with Crippen LogP contribution in [-0.4, -0.2) is 22.4 Å². The van der Waals surface area contributed by atoms with Gasteiger partial charge in [0.25, 0.3) is 5.91 Å². The number of nitrogens with zero attached hydrogens (tertiary/aromatic N) is 2. The van der Waals surface area contributed by atoms with E-state index in [1.165, 1.54) is 5.56 Å². The summed E-state index contributed by atoms with van der Waals surface area (Å²) in [4.78, 5) is 20.4. The number of anilines is 2. The second kappa shape index (κ2) is 8.27. The molecule has 0 saturated carbocycles. The number of aryl methyl sites for hydroxylation is 2. The highest BCUT2D eigenvalue weighted by Crippen LogP contribution is 2.19. The van der Waals surface area contributed by atoms with E-state index in [1.54, 1.807) is 12.4 Å². The van der Waals surface area contributed by atoms with Gasteiger partial charge in [-0.25, -0.2) is 9.97 Å². The molecule has 5 heteroatoms. The lowest BCUT2D eigenvalue weighted by Gasteiger charge is -2.09. The summed E-state index contributed by atoms with van der Waals surface area (Å²) in [5.41, 5.74) is 3.74. The third-order valence-electron chi connectivity index (χ3n) is 3.62. The van der Waals surface area contributed by atoms with Crippen molar-refractivity contribution in [3.63, 3.8) is 0 Å². The summed E-state index contributed by atoms with van der Waals surface area (Å²) in [5, 5.41) is 6.07. The smallest absolute Gasteiger partial charge is 0.254 e. The predicted molar refractivity (Wildman–Crippen MR) is 93.1 cm³/mol. The zero-order valence-electron chi connectivity index (χ0n) is 14.0. The fourth-order valence-electron chi connectivity index (χ4n) is 2.18. The van der Waals surface area contributed by atoms with Gasteiger partial charge in [-0.3, -0.25) is 4.79 Å². The van der Waals surface area contributed by atoms with Crippen LogP contribution in [0.15, 0.2) is 30.6 Å². The summed E-state index contributed by atoms with van der Waals surface area (Å²) in [6, 6.07) is 6.16. The second-order valence-corrected chi connectivity index (χ2v) is 5.70. The molecular weight excluding hydrogens is 288 g/mol. The molecule has 122 valence electrons. The Hall–Kier alpha value is -2.43. The number of benzene rings is 1. The monoisotopic (exact) mass is 312 g/mol. The van der Waals surface area contributed by atoms with Crippen molar-refractivity contribution < 1.29 is 4.79 Å². The fraction of sp³-hybridized carbons (Fsp3) is 0.389. The maximum Gasteiger partial charge on any atom is 0.254 e. The van der Waals surface area contributed by atoms with E-state index < -0.39 is 0 Å². The lowest BCUT2D eigenvalue weighted by Crippen LogP contribution is -2.24. The van der Waals surface area contributed by atoms with Gasteiger partial charge in [-0.15, -0.1) is 0 Å². The fourth-order valence-corrected chi connectivity index (χ4v) is 2.18. The summed E-state index contributed by atoms with van der Waals surface area (Å²) in [6.45, 7) is 6.89. The van der Waals surface area contributed by atoms with Crippen LogP contribution in [-0.2, 0) is 0 Å². The van der Waals surface area contributed by atoms with Gasteiger partial charge in [-0.2, -0.15) is 0 Å². The summed E-state index contributed by atoms with van der Waals surface area (Å²) in [7, 11) is 0. The van der Waals surface area contributed by atoms with Crippen molar-refractivity contribution in [2.75, 3.05) is 11.9 Å². The minimum Gasteiger partial charge on any atom is -0.352 e. The molecule has 0 atom stereocenters. The number of nitrogens with one attached hydrogen (secondary N) is 2. The Bertz CT molecular complexity index is 653. The van der Waals surface area contributed by atoms with Crippen LogP contribution < -0.4 is 10.6 Å². The molecule has 0 fully saturated rings. The summed E-state index contributed by atoms with van der Waals surface area (Å²) >= 11 is 0. The van der Waals surface area contributed by atoms with Crippen LogP contribution in [0.2, 0.25) is 0 Å². The van der Waals surface area contributed by atoms with Crippen LogP contribution in [0.3, 0.4) is 0 Å². The molecule has 0 aliphatic carbocycles. The van der Waals surface area contributed by atoms with Crippen LogP contribution in [0.25, 0.3) is 0 Å². The standard InChI is InChI=1S/C18H24N4O/c1-4-5-6-9-19-17(23)15-11-20-18(21-12-15)22-16-10-13(2)7-8-14(16)3/h7-8,10-12H,4-6,9H2,1-3H3,(H,19,23)(H,20,21,22). The topological polar surface area (TPSA) is 66.9 Å². The Labute approximate surface area is 137 Å². The molecule has 0 unspecified atom stereocenters. The van der Waals surface area contributed by atoms with E-state index in [1.807, 2.05) is 19.9 Å². The third kappa shape index (κ3) is 5.06. The number of amides is 1. The summed E-state index contributed by atoms with van der Waals surface area (Å²) in [5.74, 6) is 0.362. The van der Waals surface area contributed by atoms with Gasteiger partial charge in [0.2, 0.25) is 5.95 Å². The van der Waals surface area contributed by atoms with Gasteiger partial charge in [0.15, 0.2) is 0 Å². The van der Waals surface area contributed by atoms with Crippen molar-refractivity contribution in [2.45, 2.75) is 40.0 Å². The molecule has 0 aliphatic heterocycles. The lowest BCUT2D eigenvalue weighted by molar-refractivity contribution is 0.0952. The first kappa shape index (κ1) is 16.9. The molecular formula is C18H24N4O. The molecule has 2 N–H and O–H groups in total. The third-order valence-corrected chi connectivity index (χ3v) is 3.62. The first-order valence-corrected chi connectivity index (χ1v) is 8.04. The molecule has 1 heterocycles. The average Bonchev–Trinajstić information content (AvgIpc) is 2.55. The maximum absolute atomic E-state index is 12.0. The SMILES string of the molecule is CCCCCNC(=O)c1cnc(Nc2cc(C)ccc2C)nc1. The van der Waals surface area contributed by atoms with Crippen LogP contribution in [0.4, 0.5) is 11.6 Å². The molecule has 0 aliphatic rings. The average molecular weight is 312 g/mol. The molecule has 2 aromatic rings. The predicted octanol–water partition coefficient (Wildman–Crippen LogP) is 3.76. The summed E-state index contributed by atoms with van der Waals surface area (Å²) in [6.07, 6.45) is 6.35. The molecule has 0 bridgehead atoms. The van der Waals surface area contributed by atoms with E-state index in [4.69, 9.17) is 0 Å². The molecule has 0 radical (unpaired) electrons. The van der Waals surface area contributed by atoms with Crippen molar-refractivity contribution in [1.82, 2.24) is 15.3 Å². The van der Waals surface area contributed by atoms with Gasteiger partial charge in [0.05, 0.1) is 5.56 Å². The highest BCUT2D eigenvalue weighted by molar-refractivity contribution is 5.93. The molecule has 1 aromatic heterocycles. The largest absolute Gasteiger partial charge is 0.352 e. The molecule has 0 spiro atoms. The number of rotatable bonds is 7. The number of carbonyl (C=O) groups is 1. The van der Waals surface area contributed by atoms with E-state index >= 15 is 0 Å². The second-order valence-electron chi connectivity index (χ2n) is 5.70. The number of carbonyl (C=O) groups excluding carboxylic acids is 1.